The molecule has 2 saturated heterocycles. The molecular formula is C28H32N4O6S2. The third-order valence-corrected chi connectivity index (χ3v) is 11.0. The Morgan fingerprint density at radius 3 is 2.02 bits per heavy atom. The summed E-state index contributed by atoms with van der Waals surface area (Å²) >= 11 is 0. The molecule has 2 aliphatic heterocycles. The van der Waals surface area contributed by atoms with E-state index in [-0.39, 0.29) is 15.4 Å². The molecule has 0 atom stereocenters. The molecule has 0 aromatic heterocycles. The molecule has 212 valence electrons. The van der Waals surface area contributed by atoms with Gasteiger partial charge < -0.3 is 15.0 Å². The number of carbonyl (C=O) groups excluding carboxylic acids is 1. The molecule has 2 aliphatic rings. The number of para-hydroxylation sites is 2. The third-order valence-electron chi connectivity index (χ3n) is 7.21. The van der Waals surface area contributed by atoms with E-state index < -0.39 is 26.0 Å². The summed E-state index contributed by atoms with van der Waals surface area (Å²) in [6, 6.07) is 19.6. The average Bonchev–Trinajstić information content (AvgIpc) is 3.54. The van der Waals surface area contributed by atoms with Crippen LogP contribution in [-0.4, -0.2) is 77.7 Å². The summed E-state index contributed by atoms with van der Waals surface area (Å²) in [6.45, 7) is 2.67. The molecule has 0 aliphatic carbocycles. The van der Waals surface area contributed by atoms with Crippen LogP contribution in [0.3, 0.4) is 0 Å². The van der Waals surface area contributed by atoms with Gasteiger partial charge in [-0.1, -0.05) is 18.2 Å². The fourth-order valence-corrected chi connectivity index (χ4v) is 7.98. The van der Waals surface area contributed by atoms with Gasteiger partial charge in [-0.25, -0.2) is 16.8 Å². The molecule has 0 unspecified atom stereocenters. The fraction of sp³-hybridized carbons (Fsp3) is 0.321. The predicted molar refractivity (Wildman–Crippen MR) is 153 cm³/mol. The molecule has 0 spiro atoms. The minimum atomic E-state index is -3.72. The summed E-state index contributed by atoms with van der Waals surface area (Å²) in [5.41, 5.74) is 1.53. The van der Waals surface area contributed by atoms with Crippen molar-refractivity contribution in [3.63, 3.8) is 0 Å². The molecule has 10 nitrogen and oxygen atoms in total. The van der Waals surface area contributed by atoms with Crippen LogP contribution in [0.1, 0.15) is 23.2 Å². The van der Waals surface area contributed by atoms with E-state index in [2.05, 4.69) is 10.2 Å². The zero-order valence-corrected chi connectivity index (χ0v) is 23.8. The Balaban J connectivity index is 1.23. The quantitative estimate of drug-likeness (QED) is 0.432. The SMILES string of the molecule is COc1ccccc1N1CCN(S(=O)(=O)c2ccc(NC(=O)c3cccc(S(=O)(=O)N4CCCC4)c3)cc2)CC1. The maximum Gasteiger partial charge on any atom is 0.255 e. The van der Waals surface area contributed by atoms with Gasteiger partial charge in [-0.15, -0.1) is 0 Å². The first kappa shape index (κ1) is 28.1. The second kappa shape index (κ2) is 11.6. The molecule has 3 aromatic rings. The van der Waals surface area contributed by atoms with Gasteiger partial charge in [0.25, 0.3) is 5.91 Å². The number of hydrogen-bond acceptors (Lipinski definition) is 7. The van der Waals surface area contributed by atoms with E-state index >= 15 is 0 Å². The second-order valence-corrected chi connectivity index (χ2v) is 13.6. The normalized spacial score (nSPS) is 17.1. The van der Waals surface area contributed by atoms with Gasteiger partial charge in [0.1, 0.15) is 5.75 Å². The average molecular weight is 585 g/mol. The molecule has 0 radical (unpaired) electrons. The van der Waals surface area contributed by atoms with Crippen molar-refractivity contribution in [3.05, 3.63) is 78.4 Å². The number of amides is 1. The number of carbonyl (C=O) groups is 1. The lowest BCUT2D eigenvalue weighted by atomic mass is 10.2. The van der Waals surface area contributed by atoms with Gasteiger partial charge in [-0.05, 0) is 67.4 Å². The molecule has 1 N–H and O–H groups in total. The molecule has 3 aromatic carbocycles. The first-order valence-corrected chi connectivity index (χ1v) is 16.0. The Morgan fingerprint density at radius 1 is 0.725 bits per heavy atom. The largest absolute Gasteiger partial charge is 0.495 e. The van der Waals surface area contributed by atoms with Crippen molar-refractivity contribution >= 4 is 37.3 Å². The maximum atomic E-state index is 13.3. The van der Waals surface area contributed by atoms with E-state index in [4.69, 9.17) is 4.74 Å². The summed E-state index contributed by atoms with van der Waals surface area (Å²) in [5.74, 6) is 0.262. The topological polar surface area (TPSA) is 116 Å². The maximum absolute atomic E-state index is 13.3. The van der Waals surface area contributed by atoms with E-state index in [0.29, 0.717) is 45.0 Å². The number of rotatable bonds is 8. The van der Waals surface area contributed by atoms with Crippen LogP contribution >= 0.6 is 0 Å². The van der Waals surface area contributed by atoms with Crippen molar-refractivity contribution < 1.29 is 26.4 Å². The number of piperazine rings is 1. The highest BCUT2D eigenvalue weighted by molar-refractivity contribution is 7.89. The van der Waals surface area contributed by atoms with E-state index in [9.17, 15) is 21.6 Å². The van der Waals surface area contributed by atoms with Crippen LogP contribution in [0.15, 0.2) is 82.6 Å². The third kappa shape index (κ3) is 5.71. The molecule has 0 bridgehead atoms. The Bertz CT molecular complexity index is 1580. The molecule has 0 saturated carbocycles. The number of nitrogens with one attached hydrogen (secondary N) is 1. The lowest BCUT2D eigenvalue weighted by Gasteiger charge is -2.35. The van der Waals surface area contributed by atoms with Crippen LogP contribution in [-0.2, 0) is 20.0 Å². The van der Waals surface area contributed by atoms with Crippen LogP contribution in [0.5, 0.6) is 5.75 Å². The van der Waals surface area contributed by atoms with Gasteiger partial charge in [0.15, 0.2) is 0 Å². The van der Waals surface area contributed by atoms with Gasteiger partial charge in [0.2, 0.25) is 20.0 Å². The van der Waals surface area contributed by atoms with Crippen molar-refractivity contribution in [2.45, 2.75) is 22.6 Å². The van der Waals surface area contributed by atoms with Gasteiger partial charge in [0, 0.05) is 50.5 Å². The van der Waals surface area contributed by atoms with E-state index in [1.165, 1.54) is 45.0 Å². The molecule has 40 heavy (non-hydrogen) atoms. The number of anilines is 2. The summed E-state index contributed by atoms with van der Waals surface area (Å²) in [4.78, 5) is 15.2. The van der Waals surface area contributed by atoms with Crippen LogP contribution in [0.4, 0.5) is 11.4 Å². The van der Waals surface area contributed by atoms with Gasteiger partial charge >= 0.3 is 0 Å². The number of methoxy groups -OCH3 is 1. The lowest BCUT2D eigenvalue weighted by Crippen LogP contribution is -2.48. The molecular weight excluding hydrogens is 552 g/mol. The van der Waals surface area contributed by atoms with Gasteiger partial charge in [-0.2, -0.15) is 8.61 Å². The molecule has 2 heterocycles. The van der Waals surface area contributed by atoms with Gasteiger partial charge in [0.05, 0.1) is 22.6 Å². The predicted octanol–water partition coefficient (Wildman–Crippen LogP) is 3.24. The van der Waals surface area contributed by atoms with E-state index in [1.54, 1.807) is 19.2 Å². The second-order valence-electron chi connectivity index (χ2n) is 9.68. The highest BCUT2D eigenvalue weighted by Crippen LogP contribution is 2.29. The van der Waals surface area contributed by atoms with Crippen molar-refractivity contribution in [1.82, 2.24) is 8.61 Å². The standard InChI is InChI=1S/C28H32N4O6S2/c1-38-27-10-3-2-9-26(27)30-17-19-32(20-18-30)39(34,35)24-13-11-23(12-14-24)29-28(33)22-7-6-8-25(21-22)40(36,37)31-15-4-5-16-31/h2-3,6-14,21H,4-5,15-20H2,1H3,(H,29,33). The summed E-state index contributed by atoms with van der Waals surface area (Å²) < 4.78 is 60.6. The summed E-state index contributed by atoms with van der Waals surface area (Å²) in [6.07, 6.45) is 1.65. The zero-order valence-electron chi connectivity index (χ0n) is 22.2. The van der Waals surface area contributed by atoms with Crippen molar-refractivity contribution in [2.75, 3.05) is 56.6 Å². The van der Waals surface area contributed by atoms with Crippen molar-refractivity contribution in [2.24, 2.45) is 0 Å². The monoisotopic (exact) mass is 584 g/mol. The highest BCUT2D eigenvalue weighted by Gasteiger charge is 2.30. The molecule has 1 amide bonds. The molecule has 12 heteroatoms. The minimum Gasteiger partial charge on any atom is -0.495 e. The number of sulfonamides is 2. The molecule has 5 rings (SSSR count). The zero-order chi connectivity index (χ0) is 28.3. The minimum absolute atomic E-state index is 0.0781. The van der Waals surface area contributed by atoms with Crippen LogP contribution in [0.2, 0.25) is 0 Å². The fourth-order valence-electron chi connectivity index (χ4n) is 5.00. The highest BCUT2D eigenvalue weighted by atomic mass is 32.2. The first-order valence-electron chi connectivity index (χ1n) is 13.1. The first-order chi connectivity index (χ1) is 19.2. The molecule has 2 fully saturated rings. The number of ether oxygens (including phenoxy) is 1. The van der Waals surface area contributed by atoms with E-state index in [1.807, 2.05) is 24.3 Å². The van der Waals surface area contributed by atoms with Crippen LogP contribution < -0.4 is 15.0 Å². The van der Waals surface area contributed by atoms with Gasteiger partial charge in [-0.3, -0.25) is 4.79 Å². The Kier molecular flexibility index (Phi) is 8.13. The number of benzene rings is 3. The Hall–Kier alpha value is -3.45. The van der Waals surface area contributed by atoms with E-state index in [0.717, 1.165) is 24.3 Å². The Labute approximate surface area is 235 Å². The van der Waals surface area contributed by atoms with Crippen LogP contribution in [0.25, 0.3) is 0 Å². The smallest absolute Gasteiger partial charge is 0.255 e. The number of hydrogen-bond donors (Lipinski definition) is 1. The lowest BCUT2D eigenvalue weighted by molar-refractivity contribution is 0.102. The summed E-state index contributed by atoms with van der Waals surface area (Å²) in [5, 5.41) is 2.73. The van der Waals surface area contributed by atoms with Crippen molar-refractivity contribution in [3.8, 4) is 5.75 Å². The number of nitrogens with zero attached hydrogens (tertiary/aromatic N) is 3. The van der Waals surface area contributed by atoms with Crippen LogP contribution in [0, 0.1) is 0 Å². The Morgan fingerprint density at radius 2 is 1.35 bits per heavy atom. The van der Waals surface area contributed by atoms with Crippen molar-refractivity contribution in [1.29, 1.82) is 0 Å². The summed E-state index contributed by atoms with van der Waals surface area (Å²) in [7, 11) is -5.76.